The number of hydrogen-bond acceptors (Lipinski definition) is 2. The largest absolute Gasteiger partial charge is 0.314 e. The Kier molecular flexibility index (Phi) is 3.46. The van der Waals surface area contributed by atoms with Gasteiger partial charge in [0, 0.05) is 30.9 Å². The molecule has 2 heteroatoms. The first-order valence-corrected chi connectivity index (χ1v) is 7.14. The lowest BCUT2D eigenvalue weighted by Crippen LogP contribution is -2.36. The summed E-state index contributed by atoms with van der Waals surface area (Å²) < 4.78 is 0. The Labute approximate surface area is 110 Å². The van der Waals surface area contributed by atoms with Crippen LogP contribution in [0.4, 0.5) is 0 Å². The molecule has 0 saturated heterocycles. The van der Waals surface area contributed by atoms with Crippen molar-refractivity contribution in [3.8, 4) is 0 Å². The summed E-state index contributed by atoms with van der Waals surface area (Å²) in [6, 6.07) is 6.77. The van der Waals surface area contributed by atoms with Gasteiger partial charge in [-0.1, -0.05) is 18.2 Å². The van der Waals surface area contributed by atoms with Gasteiger partial charge in [0.05, 0.1) is 0 Å². The first-order valence-electron chi connectivity index (χ1n) is 7.14. The molecule has 4 atom stereocenters. The molecule has 0 amide bonds. The van der Waals surface area contributed by atoms with Crippen molar-refractivity contribution in [3.63, 3.8) is 0 Å². The zero-order valence-corrected chi connectivity index (χ0v) is 11.0. The third-order valence-electron chi connectivity index (χ3n) is 4.55. The van der Waals surface area contributed by atoms with Crippen LogP contribution in [0.25, 0.3) is 0 Å². The summed E-state index contributed by atoms with van der Waals surface area (Å²) in [5.74, 6) is 2.57. The fourth-order valence-corrected chi connectivity index (χ4v) is 3.52. The van der Waals surface area contributed by atoms with Gasteiger partial charge in [-0.05, 0) is 49.7 Å². The Hall–Kier alpha value is -1.15. The van der Waals surface area contributed by atoms with Crippen molar-refractivity contribution in [1.82, 2.24) is 10.3 Å². The summed E-state index contributed by atoms with van der Waals surface area (Å²) in [6.45, 7) is 3.38. The number of nitrogens with one attached hydrogen (secondary N) is 1. The number of rotatable bonds is 5. The van der Waals surface area contributed by atoms with Gasteiger partial charge in [0.2, 0.25) is 0 Å². The second-order valence-electron chi connectivity index (χ2n) is 5.76. The van der Waals surface area contributed by atoms with Crippen LogP contribution in [-0.4, -0.2) is 17.6 Å². The molecular weight excluding hydrogens is 220 g/mol. The van der Waals surface area contributed by atoms with Gasteiger partial charge in [-0.2, -0.15) is 0 Å². The minimum Gasteiger partial charge on any atom is -0.314 e. The predicted molar refractivity (Wildman–Crippen MR) is 74.2 cm³/mol. The fraction of sp³-hybridized carbons (Fsp3) is 0.562. The molecule has 1 fully saturated rings. The van der Waals surface area contributed by atoms with Crippen LogP contribution in [-0.2, 0) is 6.42 Å². The van der Waals surface area contributed by atoms with Crippen LogP contribution in [0.15, 0.2) is 36.5 Å². The number of hydrogen-bond donors (Lipinski definition) is 1. The Bertz CT molecular complexity index is 412. The summed E-state index contributed by atoms with van der Waals surface area (Å²) in [4.78, 5) is 4.36. The number of nitrogens with zero attached hydrogens (tertiary/aromatic N) is 1. The van der Waals surface area contributed by atoms with Crippen LogP contribution >= 0.6 is 0 Å². The van der Waals surface area contributed by atoms with Crippen molar-refractivity contribution in [1.29, 1.82) is 0 Å². The highest BCUT2D eigenvalue weighted by molar-refractivity contribution is 5.11. The Morgan fingerprint density at radius 3 is 2.94 bits per heavy atom. The average molecular weight is 242 g/mol. The Morgan fingerprint density at radius 1 is 1.33 bits per heavy atom. The normalized spacial score (nSPS) is 30.8. The molecule has 1 N–H and O–H groups in total. The number of pyridine rings is 1. The highest BCUT2D eigenvalue weighted by atomic mass is 14.9. The smallest absolute Gasteiger partial charge is 0.0416 e. The molecule has 96 valence electrons. The highest BCUT2D eigenvalue weighted by Gasteiger charge is 2.38. The maximum Gasteiger partial charge on any atom is 0.0416 e. The first kappa shape index (κ1) is 11.9. The van der Waals surface area contributed by atoms with Gasteiger partial charge in [0.15, 0.2) is 0 Å². The van der Waals surface area contributed by atoms with E-state index in [-0.39, 0.29) is 0 Å². The van der Waals surface area contributed by atoms with E-state index in [1.165, 1.54) is 18.5 Å². The van der Waals surface area contributed by atoms with E-state index in [2.05, 4.69) is 41.5 Å². The summed E-state index contributed by atoms with van der Waals surface area (Å²) in [5.41, 5.74) is 1.19. The monoisotopic (exact) mass is 242 g/mol. The van der Waals surface area contributed by atoms with Crippen LogP contribution < -0.4 is 5.32 Å². The maximum absolute atomic E-state index is 4.36. The van der Waals surface area contributed by atoms with Crippen LogP contribution in [0.1, 0.15) is 25.5 Å². The van der Waals surface area contributed by atoms with Gasteiger partial charge in [-0.25, -0.2) is 0 Å². The second-order valence-corrected chi connectivity index (χ2v) is 5.76. The minimum atomic E-state index is 0.633. The zero-order valence-electron chi connectivity index (χ0n) is 11.0. The molecule has 1 aromatic rings. The van der Waals surface area contributed by atoms with Crippen molar-refractivity contribution in [2.24, 2.45) is 17.8 Å². The molecule has 1 saturated carbocycles. The summed E-state index contributed by atoms with van der Waals surface area (Å²) in [5, 5.41) is 3.68. The molecule has 2 aliphatic rings. The molecule has 1 heterocycles. The highest BCUT2D eigenvalue weighted by Crippen LogP contribution is 2.44. The average Bonchev–Trinajstić information content (AvgIpc) is 3.02. The summed E-state index contributed by atoms with van der Waals surface area (Å²) >= 11 is 0. The van der Waals surface area contributed by atoms with E-state index in [0.717, 1.165) is 30.7 Å². The van der Waals surface area contributed by atoms with Crippen molar-refractivity contribution in [2.45, 2.75) is 32.2 Å². The van der Waals surface area contributed by atoms with E-state index >= 15 is 0 Å². The van der Waals surface area contributed by atoms with Gasteiger partial charge in [-0.15, -0.1) is 0 Å². The third-order valence-corrected chi connectivity index (χ3v) is 4.55. The van der Waals surface area contributed by atoms with Crippen molar-refractivity contribution in [2.75, 3.05) is 6.54 Å². The fourth-order valence-electron chi connectivity index (χ4n) is 3.52. The van der Waals surface area contributed by atoms with Gasteiger partial charge in [-0.3, -0.25) is 4.98 Å². The lowest BCUT2D eigenvalue weighted by Gasteiger charge is -2.26. The summed E-state index contributed by atoms with van der Waals surface area (Å²) in [6.07, 6.45) is 10.6. The molecule has 0 radical (unpaired) electrons. The Balaban J connectivity index is 1.45. The van der Waals surface area contributed by atoms with E-state index in [9.17, 15) is 0 Å². The molecule has 18 heavy (non-hydrogen) atoms. The Morgan fingerprint density at radius 2 is 2.28 bits per heavy atom. The van der Waals surface area contributed by atoms with Crippen molar-refractivity contribution in [3.05, 3.63) is 42.2 Å². The van der Waals surface area contributed by atoms with Gasteiger partial charge < -0.3 is 5.32 Å². The van der Waals surface area contributed by atoms with E-state index < -0.39 is 0 Å². The molecule has 0 aromatic carbocycles. The van der Waals surface area contributed by atoms with E-state index in [0.29, 0.717) is 6.04 Å². The SMILES string of the molecule is CC(NCCc1ccccn1)C1CC2C=CC1C2. The number of aromatic nitrogens is 1. The van der Waals surface area contributed by atoms with Crippen LogP contribution in [0.5, 0.6) is 0 Å². The van der Waals surface area contributed by atoms with Crippen LogP contribution in [0.2, 0.25) is 0 Å². The topological polar surface area (TPSA) is 24.9 Å². The molecule has 2 nitrogen and oxygen atoms in total. The zero-order chi connectivity index (χ0) is 12.4. The molecular formula is C16H22N2. The molecule has 2 aliphatic carbocycles. The molecule has 3 rings (SSSR count). The van der Waals surface area contributed by atoms with Gasteiger partial charge in [0.1, 0.15) is 0 Å². The van der Waals surface area contributed by atoms with E-state index in [4.69, 9.17) is 0 Å². The number of allylic oxidation sites excluding steroid dienone is 2. The lowest BCUT2D eigenvalue weighted by molar-refractivity contribution is 0.329. The third kappa shape index (κ3) is 2.49. The van der Waals surface area contributed by atoms with E-state index in [1.807, 2.05) is 12.3 Å². The summed E-state index contributed by atoms with van der Waals surface area (Å²) in [7, 11) is 0. The van der Waals surface area contributed by atoms with Gasteiger partial charge in [0.25, 0.3) is 0 Å². The second kappa shape index (κ2) is 5.23. The molecule has 0 spiro atoms. The van der Waals surface area contributed by atoms with Crippen LogP contribution in [0.3, 0.4) is 0 Å². The van der Waals surface area contributed by atoms with E-state index in [1.54, 1.807) is 0 Å². The molecule has 1 aromatic heterocycles. The predicted octanol–water partition coefficient (Wildman–Crippen LogP) is 2.81. The molecule has 0 aliphatic heterocycles. The first-order chi connectivity index (χ1) is 8.83. The lowest BCUT2D eigenvalue weighted by atomic mass is 9.87. The quantitative estimate of drug-likeness (QED) is 0.803. The van der Waals surface area contributed by atoms with Crippen LogP contribution in [0, 0.1) is 17.8 Å². The van der Waals surface area contributed by atoms with Gasteiger partial charge >= 0.3 is 0 Å². The number of fused-ring (bicyclic) bond motifs is 2. The molecule has 2 bridgehead atoms. The standard InChI is InChI=1S/C16H22N2/c1-12(16-11-13-5-6-14(16)10-13)17-9-7-15-4-2-3-8-18-15/h2-6,8,12-14,16-17H,7,9-11H2,1H3. The molecule has 4 unspecified atom stereocenters. The minimum absolute atomic E-state index is 0.633. The van der Waals surface area contributed by atoms with Crippen molar-refractivity contribution < 1.29 is 0 Å². The maximum atomic E-state index is 4.36. The van der Waals surface area contributed by atoms with Crippen molar-refractivity contribution >= 4 is 0 Å².